The lowest BCUT2D eigenvalue weighted by molar-refractivity contribution is -0.233. The van der Waals surface area contributed by atoms with Crippen LogP contribution in [-0.2, 0) is 33.7 Å². The number of urea groups is 1. The second-order valence-electron chi connectivity index (χ2n) is 13.0. The van der Waals surface area contributed by atoms with Gasteiger partial charge < -0.3 is 24.9 Å². The van der Waals surface area contributed by atoms with Gasteiger partial charge in [-0.1, -0.05) is 42.8 Å². The van der Waals surface area contributed by atoms with Crippen LogP contribution in [0.4, 0.5) is 29.3 Å². The van der Waals surface area contributed by atoms with E-state index in [9.17, 15) is 22.8 Å². The Kier molecular flexibility index (Phi) is 9.63. The van der Waals surface area contributed by atoms with Gasteiger partial charge in [0.15, 0.2) is 6.04 Å². The number of carbonyl (C=O) groups is 3. The van der Waals surface area contributed by atoms with Crippen molar-refractivity contribution in [2.24, 2.45) is 5.92 Å². The van der Waals surface area contributed by atoms with E-state index in [-0.39, 0.29) is 17.5 Å². The molecule has 3 aromatic carbocycles. The summed E-state index contributed by atoms with van der Waals surface area (Å²) in [7, 11) is 3.81. The first-order chi connectivity index (χ1) is 23.3. The summed E-state index contributed by atoms with van der Waals surface area (Å²) in [6.45, 7) is 2.43. The number of hydrogen-bond donors (Lipinski definition) is 2. The number of carbonyl (C=O) groups excluding carboxylic acids is 3. The van der Waals surface area contributed by atoms with Gasteiger partial charge in [-0.05, 0) is 104 Å². The molecule has 1 aliphatic heterocycles. The van der Waals surface area contributed by atoms with Gasteiger partial charge in [-0.3, -0.25) is 4.79 Å². The van der Waals surface area contributed by atoms with Crippen molar-refractivity contribution in [1.82, 2.24) is 14.9 Å². The maximum Gasteiger partial charge on any atom is 0.493 e. The van der Waals surface area contributed by atoms with Gasteiger partial charge in [0.05, 0.1) is 0 Å². The van der Waals surface area contributed by atoms with Gasteiger partial charge in [-0.25, -0.2) is 9.59 Å². The van der Waals surface area contributed by atoms with Gasteiger partial charge in [0, 0.05) is 52.5 Å². The molecule has 4 aromatic rings. The fraction of sp³-hybridized carbons (Fsp3) is 0.361. The number of H-pyrrole nitrogens is 1. The van der Waals surface area contributed by atoms with Crippen LogP contribution < -0.4 is 10.2 Å². The summed E-state index contributed by atoms with van der Waals surface area (Å²) < 4.78 is 41.4. The number of anilines is 2. The van der Waals surface area contributed by atoms with Crippen LogP contribution in [0.3, 0.4) is 0 Å². The Morgan fingerprint density at radius 3 is 2.55 bits per heavy atom. The molecule has 1 aliphatic carbocycles. The second kappa shape index (κ2) is 13.8. The van der Waals surface area contributed by atoms with Gasteiger partial charge in [0.25, 0.3) is 5.91 Å². The highest BCUT2D eigenvalue weighted by Crippen LogP contribution is 2.37. The molecule has 13 heteroatoms. The molecular weight excluding hydrogens is 659 g/mol. The largest absolute Gasteiger partial charge is 0.493 e. The number of aromatic amines is 1. The number of aryl methyl sites for hydroxylation is 2. The molecule has 3 atom stereocenters. The molecule has 1 aromatic heterocycles. The molecule has 0 saturated carbocycles. The summed E-state index contributed by atoms with van der Waals surface area (Å²) in [5.41, 5.74) is 4.99. The number of hydrogen-bond acceptors (Lipinski definition) is 5. The smallest absolute Gasteiger partial charge is 0.361 e. The quantitative estimate of drug-likeness (QED) is 0.201. The predicted octanol–water partition coefficient (Wildman–Crippen LogP) is 7.10. The predicted molar refractivity (Wildman–Crippen MR) is 182 cm³/mol. The van der Waals surface area contributed by atoms with E-state index >= 15 is 4.79 Å². The van der Waals surface area contributed by atoms with E-state index in [2.05, 4.69) is 10.3 Å². The van der Waals surface area contributed by atoms with Crippen molar-refractivity contribution in [3.63, 3.8) is 0 Å². The molecule has 2 aliphatic rings. The van der Waals surface area contributed by atoms with Crippen molar-refractivity contribution in [3.05, 3.63) is 94.1 Å². The van der Waals surface area contributed by atoms with Crippen LogP contribution in [0.2, 0.25) is 5.02 Å². The van der Waals surface area contributed by atoms with E-state index in [1.54, 1.807) is 55.6 Å². The number of alkyl halides is 3. The second-order valence-corrected chi connectivity index (χ2v) is 13.5. The lowest BCUT2D eigenvalue weighted by atomic mass is 9.88. The minimum absolute atomic E-state index is 0.0691. The van der Waals surface area contributed by atoms with Crippen molar-refractivity contribution in [1.29, 1.82) is 0 Å². The van der Waals surface area contributed by atoms with E-state index in [1.807, 2.05) is 37.2 Å². The van der Waals surface area contributed by atoms with Gasteiger partial charge in [-0.2, -0.15) is 13.2 Å². The van der Waals surface area contributed by atoms with Crippen LogP contribution in [0.15, 0.2) is 66.9 Å². The number of para-hydroxylation sites is 1. The fourth-order valence-corrected chi connectivity index (χ4v) is 7.27. The number of nitrogens with one attached hydrogen (secondary N) is 2. The van der Waals surface area contributed by atoms with E-state index in [0.29, 0.717) is 40.3 Å². The number of nitrogens with zero attached hydrogens (tertiary/aromatic N) is 3. The maximum absolute atomic E-state index is 15.0. The molecule has 49 heavy (non-hydrogen) atoms. The third-order valence-corrected chi connectivity index (χ3v) is 9.46. The SMILES string of the molecule is CC(c1c[nH]c2ccccc12)C(C(=O)N1C[C@@H](CN(C)C)Cc2cc(Cl)ccc21)N(OC(=O)C(F)(F)F)C(=O)Nc1ccc2c(c1)CCC2. The first-order valence-electron chi connectivity index (χ1n) is 16.1. The zero-order valence-electron chi connectivity index (χ0n) is 27.3. The number of rotatable bonds is 7. The Labute approximate surface area is 286 Å². The molecule has 2 heterocycles. The van der Waals surface area contributed by atoms with Gasteiger partial charge in [0.1, 0.15) is 0 Å². The molecule has 0 radical (unpaired) electrons. The Balaban J connectivity index is 1.47. The number of aromatic nitrogens is 1. The molecule has 258 valence electrons. The highest BCUT2D eigenvalue weighted by atomic mass is 35.5. The monoisotopic (exact) mass is 695 g/mol. The zero-order valence-corrected chi connectivity index (χ0v) is 28.1. The maximum atomic E-state index is 15.0. The summed E-state index contributed by atoms with van der Waals surface area (Å²) in [5, 5.41) is 4.04. The summed E-state index contributed by atoms with van der Waals surface area (Å²) in [6, 6.07) is 14.6. The molecule has 0 spiro atoms. The van der Waals surface area contributed by atoms with Crippen LogP contribution in [0.25, 0.3) is 10.9 Å². The fourth-order valence-electron chi connectivity index (χ4n) is 7.07. The third kappa shape index (κ3) is 7.25. The highest BCUT2D eigenvalue weighted by Gasteiger charge is 2.48. The van der Waals surface area contributed by atoms with E-state index in [1.165, 1.54) is 4.90 Å². The van der Waals surface area contributed by atoms with Gasteiger partial charge >= 0.3 is 18.2 Å². The molecular formula is C36H37ClF3N5O4. The third-order valence-electron chi connectivity index (χ3n) is 9.22. The van der Waals surface area contributed by atoms with E-state index in [4.69, 9.17) is 16.4 Å². The summed E-state index contributed by atoms with van der Waals surface area (Å²) in [5.74, 6) is -4.37. The minimum Gasteiger partial charge on any atom is -0.361 e. The van der Waals surface area contributed by atoms with Crippen LogP contribution in [0.5, 0.6) is 0 Å². The minimum atomic E-state index is -5.45. The Bertz CT molecular complexity index is 1890. The first kappa shape index (κ1) is 34.3. The van der Waals surface area contributed by atoms with E-state index in [0.717, 1.165) is 41.5 Å². The zero-order chi connectivity index (χ0) is 35.0. The Morgan fingerprint density at radius 2 is 1.80 bits per heavy atom. The normalized spacial score (nSPS) is 17.0. The summed E-state index contributed by atoms with van der Waals surface area (Å²) in [6.07, 6.45) is -0.582. The van der Waals surface area contributed by atoms with Crippen molar-refractivity contribution >= 4 is 51.8 Å². The first-order valence-corrected chi connectivity index (χ1v) is 16.5. The molecule has 2 N–H and O–H groups in total. The molecule has 3 amide bonds. The lowest BCUT2D eigenvalue weighted by Gasteiger charge is -2.40. The summed E-state index contributed by atoms with van der Waals surface area (Å²) >= 11 is 6.36. The van der Waals surface area contributed by atoms with E-state index < -0.39 is 36.0 Å². The van der Waals surface area contributed by atoms with Crippen molar-refractivity contribution in [2.45, 2.75) is 50.7 Å². The molecule has 0 saturated heterocycles. The lowest BCUT2D eigenvalue weighted by Crippen LogP contribution is -2.57. The van der Waals surface area contributed by atoms with Gasteiger partial charge in [0.2, 0.25) is 0 Å². The Hall–Kier alpha value is -4.55. The van der Waals surface area contributed by atoms with Crippen molar-refractivity contribution in [3.8, 4) is 0 Å². The van der Waals surface area contributed by atoms with Crippen LogP contribution >= 0.6 is 11.6 Å². The number of halogens is 4. The average molecular weight is 696 g/mol. The van der Waals surface area contributed by atoms with Crippen LogP contribution in [0, 0.1) is 5.92 Å². The van der Waals surface area contributed by atoms with Crippen LogP contribution in [0.1, 0.15) is 41.5 Å². The number of fused-ring (bicyclic) bond motifs is 3. The molecule has 2 unspecified atom stereocenters. The molecule has 0 bridgehead atoms. The number of amides is 3. The summed E-state index contributed by atoms with van der Waals surface area (Å²) in [4.78, 5) is 53.1. The molecule has 9 nitrogen and oxygen atoms in total. The van der Waals surface area contributed by atoms with Gasteiger partial charge in [-0.15, -0.1) is 5.06 Å². The highest BCUT2D eigenvalue weighted by molar-refractivity contribution is 6.30. The van der Waals surface area contributed by atoms with Crippen molar-refractivity contribution in [2.75, 3.05) is 37.4 Å². The molecule has 0 fully saturated rings. The number of hydroxylamine groups is 2. The molecule has 6 rings (SSSR count). The topological polar surface area (TPSA) is 98.0 Å². The number of benzene rings is 3. The standard InChI is InChI=1S/C36H37ClF3N5O4/c1-21(29-18-41-30-10-5-4-9-28(29)30)32(33(46)44-20-22(19-43(2)3)15-25-16-26(37)12-14-31(25)44)45(49-34(47)36(38,39)40)35(48)42-27-13-11-23-7-6-8-24(23)17-27/h4-5,9-14,16-18,21-22,32,41H,6-8,15,19-20H2,1-3H3,(H,42,48)/t21?,22-,32?/m1/s1. The Morgan fingerprint density at radius 1 is 1.04 bits per heavy atom. The van der Waals surface area contributed by atoms with Crippen LogP contribution in [-0.4, -0.2) is 72.3 Å². The van der Waals surface area contributed by atoms with Crippen molar-refractivity contribution < 1.29 is 32.4 Å². The average Bonchev–Trinajstić information content (AvgIpc) is 3.70.